The van der Waals surface area contributed by atoms with E-state index in [1.165, 1.54) is 18.5 Å². The lowest BCUT2D eigenvalue weighted by atomic mass is 10.3. The van der Waals surface area contributed by atoms with Crippen LogP contribution in [-0.4, -0.2) is 16.0 Å². The Balaban J connectivity index is 1.51. The molecule has 2 aromatic rings. The standard InChI is InChI=1S/C14H16N4OS/c1-9-3-2-4-12(16-9)18-14(19)15-7-13-17-11(8-20-13)10-5-6-10/h2-4,8,10H,5-7H2,1H3,(H2,15,16,18,19). The van der Waals surface area contributed by atoms with Gasteiger partial charge >= 0.3 is 6.03 Å². The van der Waals surface area contributed by atoms with E-state index in [1.54, 1.807) is 17.4 Å². The van der Waals surface area contributed by atoms with E-state index in [9.17, 15) is 4.79 Å². The van der Waals surface area contributed by atoms with Gasteiger partial charge in [0.1, 0.15) is 10.8 Å². The summed E-state index contributed by atoms with van der Waals surface area (Å²) in [6.07, 6.45) is 2.49. The molecule has 2 amide bonds. The van der Waals surface area contributed by atoms with Gasteiger partial charge in [0.2, 0.25) is 0 Å². The maximum absolute atomic E-state index is 11.8. The Hall–Kier alpha value is -1.95. The number of amides is 2. The largest absolute Gasteiger partial charge is 0.331 e. The summed E-state index contributed by atoms with van der Waals surface area (Å²) in [5.41, 5.74) is 2.05. The number of hydrogen-bond acceptors (Lipinski definition) is 4. The van der Waals surface area contributed by atoms with Crippen LogP contribution in [0.25, 0.3) is 0 Å². The molecule has 0 aliphatic heterocycles. The molecular weight excluding hydrogens is 272 g/mol. The molecule has 3 rings (SSSR count). The van der Waals surface area contributed by atoms with Crippen LogP contribution in [0.2, 0.25) is 0 Å². The van der Waals surface area contributed by atoms with Gasteiger partial charge in [0.05, 0.1) is 12.2 Å². The smallest absolute Gasteiger partial charge is 0.320 e. The van der Waals surface area contributed by atoms with Gasteiger partial charge in [-0.25, -0.2) is 14.8 Å². The first-order valence-corrected chi connectivity index (χ1v) is 7.51. The molecule has 6 heteroatoms. The molecule has 2 N–H and O–H groups in total. The van der Waals surface area contributed by atoms with E-state index in [-0.39, 0.29) is 6.03 Å². The van der Waals surface area contributed by atoms with Gasteiger partial charge in [0.15, 0.2) is 0 Å². The summed E-state index contributed by atoms with van der Waals surface area (Å²) in [6, 6.07) is 5.26. The Kier molecular flexibility index (Phi) is 3.64. The molecular formula is C14H16N4OS. The van der Waals surface area contributed by atoms with Gasteiger partial charge in [-0.15, -0.1) is 11.3 Å². The number of urea groups is 1. The topological polar surface area (TPSA) is 66.9 Å². The molecule has 1 fully saturated rings. The van der Waals surface area contributed by atoms with E-state index >= 15 is 0 Å². The Bertz CT molecular complexity index is 621. The molecule has 0 spiro atoms. The van der Waals surface area contributed by atoms with Crippen molar-refractivity contribution in [3.63, 3.8) is 0 Å². The Morgan fingerprint density at radius 2 is 2.25 bits per heavy atom. The van der Waals surface area contributed by atoms with Gasteiger partial charge in [0, 0.05) is 17.0 Å². The van der Waals surface area contributed by atoms with Crippen molar-refractivity contribution in [3.05, 3.63) is 40.0 Å². The average molecular weight is 288 g/mol. The second-order valence-electron chi connectivity index (χ2n) is 4.91. The summed E-state index contributed by atoms with van der Waals surface area (Å²) in [7, 11) is 0. The number of aryl methyl sites for hydroxylation is 1. The van der Waals surface area contributed by atoms with Crippen molar-refractivity contribution >= 4 is 23.2 Å². The highest BCUT2D eigenvalue weighted by Crippen LogP contribution is 2.40. The Morgan fingerprint density at radius 1 is 1.40 bits per heavy atom. The van der Waals surface area contributed by atoms with Gasteiger partial charge in [0.25, 0.3) is 0 Å². The van der Waals surface area contributed by atoms with Crippen LogP contribution in [0.5, 0.6) is 0 Å². The number of nitrogens with one attached hydrogen (secondary N) is 2. The number of anilines is 1. The van der Waals surface area contributed by atoms with Crippen LogP contribution in [0, 0.1) is 6.92 Å². The summed E-state index contributed by atoms with van der Waals surface area (Å²) < 4.78 is 0. The number of rotatable bonds is 4. The van der Waals surface area contributed by atoms with Crippen molar-refractivity contribution < 1.29 is 4.79 Å². The minimum Gasteiger partial charge on any atom is -0.331 e. The molecule has 2 heterocycles. The van der Waals surface area contributed by atoms with Crippen LogP contribution < -0.4 is 10.6 Å². The van der Waals surface area contributed by atoms with Gasteiger partial charge in [-0.3, -0.25) is 5.32 Å². The second-order valence-corrected chi connectivity index (χ2v) is 5.85. The van der Waals surface area contributed by atoms with Crippen LogP contribution in [0.1, 0.15) is 35.2 Å². The number of thiazole rings is 1. The van der Waals surface area contributed by atoms with Gasteiger partial charge < -0.3 is 5.32 Å². The maximum atomic E-state index is 11.8. The molecule has 1 aliphatic carbocycles. The zero-order valence-corrected chi connectivity index (χ0v) is 12.0. The van der Waals surface area contributed by atoms with Crippen molar-refractivity contribution in [3.8, 4) is 0 Å². The number of hydrogen-bond donors (Lipinski definition) is 2. The average Bonchev–Trinajstić information content (AvgIpc) is 3.16. The highest BCUT2D eigenvalue weighted by atomic mass is 32.1. The van der Waals surface area contributed by atoms with Crippen LogP contribution in [-0.2, 0) is 6.54 Å². The summed E-state index contributed by atoms with van der Waals surface area (Å²) in [6.45, 7) is 2.34. The zero-order valence-electron chi connectivity index (χ0n) is 11.2. The predicted octanol–water partition coefficient (Wildman–Crippen LogP) is 3.05. The normalized spacial score (nSPS) is 14.1. The first kappa shape index (κ1) is 13.1. The minimum atomic E-state index is -0.258. The number of pyridine rings is 1. The van der Waals surface area contributed by atoms with Crippen molar-refractivity contribution in [1.82, 2.24) is 15.3 Å². The van der Waals surface area contributed by atoms with Gasteiger partial charge in [-0.1, -0.05) is 6.07 Å². The summed E-state index contributed by atoms with van der Waals surface area (Å²) >= 11 is 1.60. The molecule has 104 valence electrons. The Morgan fingerprint density at radius 3 is 3.00 bits per heavy atom. The van der Waals surface area contributed by atoms with Crippen LogP contribution in [0.4, 0.5) is 10.6 Å². The first-order valence-electron chi connectivity index (χ1n) is 6.63. The highest BCUT2D eigenvalue weighted by Gasteiger charge is 2.25. The molecule has 0 aromatic carbocycles. The third-order valence-corrected chi connectivity index (χ3v) is 3.96. The molecule has 5 nitrogen and oxygen atoms in total. The van der Waals surface area contributed by atoms with E-state index in [2.05, 4.69) is 26.0 Å². The van der Waals surface area contributed by atoms with Crippen molar-refractivity contribution in [2.24, 2.45) is 0 Å². The van der Waals surface area contributed by atoms with Crippen LogP contribution in [0.3, 0.4) is 0 Å². The monoisotopic (exact) mass is 288 g/mol. The van der Waals surface area contributed by atoms with E-state index in [0.29, 0.717) is 18.3 Å². The fourth-order valence-electron chi connectivity index (χ4n) is 1.90. The molecule has 0 bridgehead atoms. The lowest BCUT2D eigenvalue weighted by molar-refractivity contribution is 0.251. The van der Waals surface area contributed by atoms with Gasteiger partial charge in [-0.05, 0) is 31.9 Å². The van der Waals surface area contributed by atoms with Crippen molar-refractivity contribution in [1.29, 1.82) is 0 Å². The van der Waals surface area contributed by atoms with E-state index in [0.717, 1.165) is 10.7 Å². The molecule has 0 unspecified atom stereocenters. The molecule has 0 atom stereocenters. The van der Waals surface area contributed by atoms with Crippen molar-refractivity contribution in [2.75, 3.05) is 5.32 Å². The lowest BCUT2D eigenvalue weighted by Crippen LogP contribution is -2.28. The van der Waals surface area contributed by atoms with Crippen molar-refractivity contribution in [2.45, 2.75) is 32.2 Å². The molecule has 20 heavy (non-hydrogen) atoms. The second kappa shape index (κ2) is 5.58. The molecule has 2 aromatic heterocycles. The molecule has 0 radical (unpaired) electrons. The SMILES string of the molecule is Cc1cccc(NC(=O)NCc2nc(C3CC3)cs2)n1. The lowest BCUT2D eigenvalue weighted by Gasteiger charge is -2.06. The first-order chi connectivity index (χ1) is 9.70. The maximum Gasteiger partial charge on any atom is 0.320 e. The van der Waals surface area contributed by atoms with E-state index in [4.69, 9.17) is 0 Å². The number of aromatic nitrogens is 2. The van der Waals surface area contributed by atoms with Gasteiger partial charge in [-0.2, -0.15) is 0 Å². The summed E-state index contributed by atoms with van der Waals surface area (Å²) in [4.78, 5) is 20.5. The minimum absolute atomic E-state index is 0.258. The number of nitrogens with zero attached hydrogens (tertiary/aromatic N) is 2. The fraction of sp³-hybridized carbons (Fsp3) is 0.357. The molecule has 1 aliphatic rings. The quantitative estimate of drug-likeness (QED) is 0.908. The molecule has 1 saturated carbocycles. The van der Waals surface area contributed by atoms with E-state index < -0.39 is 0 Å². The molecule has 0 saturated heterocycles. The third kappa shape index (κ3) is 3.33. The number of carbonyl (C=O) groups is 1. The summed E-state index contributed by atoms with van der Waals surface area (Å²) in [5.74, 6) is 1.21. The van der Waals surface area contributed by atoms with Crippen LogP contribution >= 0.6 is 11.3 Å². The summed E-state index contributed by atoms with van der Waals surface area (Å²) in [5, 5.41) is 8.54. The van der Waals surface area contributed by atoms with E-state index in [1.807, 2.05) is 19.1 Å². The zero-order chi connectivity index (χ0) is 13.9. The van der Waals surface area contributed by atoms with Crippen LogP contribution in [0.15, 0.2) is 23.6 Å². The Labute approximate surface area is 121 Å². The number of carbonyl (C=O) groups excluding carboxylic acids is 1. The fourth-order valence-corrected chi connectivity index (χ4v) is 2.72. The predicted molar refractivity (Wildman–Crippen MR) is 78.9 cm³/mol. The highest BCUT2D eigenvalue weighted by molar-refractivity contribution is 7.09. The third-order valence-electron chi connectivity index (χ3n) is 3.10.